The van der Waals surface area contributed by atoms with Gasteiger partial charge in [0.1, 0.15) is 36.6 Å². The van der Waals surface area contributed by atoms with Gasteiger partial charge in [-0.3, -0.25) is 0 Å². The van der Waals surface area contributed by atoms with E-state index in [0.717, 1.165) is 55.2 Å². The highest BCUT2D eigenvalue weighted by Gasteiger charge is 2.65. The summed E-state index contributed by atoms with van der Waals surface area (Å²) in [7, 11) is 1.70. The zero-order chi connectivity index (χ0) is 44.0. The van der Waals surface area contributed by atoms with Crippen molar-refractivity contribution in [1.29, 1.82) is 0 Å². The molecule has 0 radical (unpaired) electrons. The van der Waals surface area contributed by atoms with Crippen LogP contribution >= 0.6 is 0 Å². The first-order valence-electron chi connectivity index (χ1n) is 22.6. The van der Waals surface area contributed by atoms with E-state index >= 15 is 0 Å². The molecular weight excluding hydrogens is 808 g/mol. The molecule has 0 aromatic heterocycles. The molecule has 1 saturated carbocycles. The quantitative estimate of drug-likeness (QED) is 0.0573. The number of amides is 1. The average Bonchev–Trinajstić information content (AvgIpc) is 3.31. The van der Waals surface area contributed by atoms with Crippen molar-refractivity contribution < 1.29 is 52.7 Å². The van der Waals surface area contributed by atoms with E-state index in [1.54, 1.807) is 36.2 Å². The normalized spacial score (nSPS) is 25.5. The summed E-state index contributed by atoms with van der Waals surface area (Å²) in [6.45, 7) is 5.53. The molecule has 12 nitrogen and oxygen atoms in total. The van der Waals surface area contributed by atoms with Gasteiger partial charge in [0.05, 0.1) is 38.1 Å². The molecule has 63 heavy (non-hydrogen) atoms. The fraction of sp³-hybridized carbons (Fsp3) is 0.520. The minimum absolute atomic E-state index is 0.0155. The number of ether oxygens (including phenoxy) is 6. The van der Waals surface area contributed by atoms with E-state index in [1.165, 1.54) is 6.07 Å². The number of nitrogens with zero attached hydrogens (tertiary/aromatic N) is 2. The van der Waals surface area contributed by atoms with Gasteiger partial charge in [0.15, 0.2) is 0 Å². The third-order valence-electron chi connectivity index (χ3n) is 12.7. The lowest BCUT2D eigenvalue weighted by atomic mass is 9.55. The monoisotopic (exact) mass is 870 g/mol. The molecule has 3 aromatic carbocycles. The number of halogens is 1. The van der Waals surface area contributed by atoms with Crippen molar-refractivity contribution in [2.45, 2.75) is 101 Å². The maximum absolute atomic E-state index is 14.7. The highest BCUT2D eigenvalue weighted by Crippen LogP contribution is 2.62. The van der Waals surface area contributed by atoms with Gasteiger partial charge < -0.3 is 48.4 Å². The third-order valence-corrected chi connectivity index (χ3v) is 12.7. The van der Waals surface area contributed by atoms with E-state index in [1.807, 2.05) is 48.5 Å². The van der Waals surface area contributed by atoms with Crippen LogP contribution in [0.4, 0.5) is 9.18 Å². The highest BCUT2D eigenvalue weighted by molar-refractivity contribution is 6.03. The van der Waals surface area contributed by atoms with Gasteiger partial charge in [-0.15, -0.1) is 6.58 Å². The molecule has 3 aromatic rings. The Hall–Kier alpha value is -4.79. The number of likely N-dealkylation sites (N-methyl/N-ethyl adjacent to an activating group) is 1. The van der Waals surface area contributed by atoms with Crippen molar-refractivity contribution in [3.05, 3.63) is 120 Å². The number of allylic oxidation sites excluding steroid dienone is 1. The van der Waals surface area contributed by atoms with E-state index in [0.29, 0.717) is 55.3 Å². The molecule has 1 saturated heterocycles. The number of rotatable bonds is 22. The van der Waals surface area contributed by atoms with E-state index < -0.39 is 30.1 Å². The molecule has 0 bridgehead atoms. The maximum atomic E-state index is 14.7. The molecule has 340 valence electrons. The molecule has 0 spiro atoms. The second-order valence-corrected chi connectivity index (χ2v) is 16.8. The zero-order valence-corrected chi connectivity index (χ0v) is 36.4. The van der Waals surface area contributed by atoms with Crippen LogP contribution in [-0.4, -0.2) is 91.7 Å². The van der Waals surface area contributed by atoms with Gasteiger partial charge in [0.25, 0.3) is 0 Å². The standard InChI is InChI=1S/C50H63FN2O10/c1-3-26-61-50-45(53(2)49(56)59-29-28-57-33-35-15-5-4-6-16-35)32-43(52-63-46-21-11-14-27-58-46)40-30-36(17-9-12-24-54)39(19-10-13-25-55)47(48(40)50)41-31-38(22-23-44(41)62-50)60-34-37-18-7-8-20-42(37)51/h3-8,15-16,18,20,22-23,30-31,36,39,45-48,54-55H,1,9-14,17,19,21,24-29,32-34H2,2H3. The summed E-state index contributed by atoms with van der Waals surface area (Å²) < 4.78 is 52.9. The van der Waals surface area contributed by atoms with Crippen LogP contribution < -0.4 is 9.47 Å². The van der Waals surface area contributed by atoms with Crippen LogP contribution in [0.1, 0.15) is 86.8 Å². The number of oxime groups is 1. The molecular formula is C50H63FN2O10. The van der Waals surface area contributed by atoms with Crippen LogP contribution in [-0.2, 0) is 37.0 Å². The lowest BCUT2D eigenvalue weighted by Gasteiger charge is -2.59. The number of carbonyl (C=O) groups excluding carboxylic acids is 1. The number of benzene rings is 3. The van der Waals surface area contributed by atoms with Crippen LogP contribution in [0.5, 0.6) is 11.5 Å². The lowest BCUT2D eigenvalue weighted by molar-refractivity contribution is -0.254. The minimum atomic E-state index is -1.45. The zero-order valence-electron chi connectivity index (χ0n) is 36.4. The van der Waals surface area contributed by atoms with E-state index in [-0.39, 0.29) is 69.6 Å². The Morgan fingerprint density at radius 2 is 1.78 bits per heavy atom. The number of unbranched alkanes of at least 4 members (excludes halogenated alkanes) is 2. The van der Waals surface area contributed by atoms with E-state index in [2.05, 4.69) is 12.7 Å². The van der Waals surface area contributed by atoms with Crippen molar-refractivity contribution in [2.24, 2.45) is 22.9 Å². The fourth-order valence-electron chi connectivity index (χ4n) is 9.69. The topological polar surface area (TPSA) is 138 Å². The lowest BCUT2D eigenvalue weighted by Crippen LogP contribution is -2.69. The van der Waals surface area contributed by atoms with E-state index in [9.17, 15) is 19.4 Å². The van der Waals surface area contributed by atoms with Crippen molar-refractivity contribution in [1.82, 2.24) is 4.90 Å². The first-order chi connectivity index (χ1) is 30.9. The largest absolute Gasteiger partial charge is 0.489 e. The van der Waals surface area contributed by atoms with Gasteiger partial charge in [-0.25, -0.2) is 9.18 Å². The molecule has 2 aliphatic carbocycles. The van der Waals surface area contributed by atoms with Gasteiger partial charge in [-0.05, 0) is 85.8 Å². The van der Waals surface area contributed by atoms with Crippen LogP contribution in [0.3, 0.4) is 0 Å². The molecule has 1 amide bonds. The Morgan fingerprint density at radius 3 is 2.54 bits per heavy atom. The molecule has 7 unspecified atom stereocenters. The second-order valence-electron chi connectivity index (χ2n) is 16.8. The van der Waals surface area contributed by atoms with Gasteiger partial charge in [-0.2, -0.15) is 0 Å². The first-order valence-corrected chi connectivity index (χ1v) is 22.6. The van der Waals surface area contributed by atoms with Crippen molar-refractivity contribution in [3.63, 3.8) is 0 Å². The van der Waals surface area contributed by atoms with Gasteiger partial charge >= 0.3 is 6.09 Å². The first kappa shape index (κ1) is 46.2. The number of aliphatic hydroxyl groups excluding tert-OH is 2. The Morgan fingerprint density at radius 1 is 0.984 bits per heavy atom. The summed E-state index contributed by atoms with van der Waals surface area (Å²) in [5.41, 5.74) is 3.92. The molecule has 2 aliphatic heterocycles. The molecule has 7 rings (SSSR count). The SMILES string of the molecule is C=CCOC12Oc3ccc(OCc4ccccc4F)cc3C3C(CCCCO)C(CCCCO)C=C(C(=NOC4CCCCO4)CC1N(C)C(=O)OCCOCc1ccccc1)C32. The summed E-state index contributed by atoms with van der Waals surface area (Å²) in [5.74, 6) is -1.38. The molecule has 2 heterocycles. The Labute approximate surface area is 370 Å². The maximum Gasteiger partial charge on any atom is 0.410 e. The predicted octanol–water partition coefficient (Wildman–Crippen LogP) is 8.85. The fourth-order valence-corrected chi connectivity index (χ4v) is 9.69. The number of fused-ring (bicyclic) bond motifs is 2. The minimum Gasteiger partial charge on any atom is -0.489 e. The number of hydrogen-bond acceptors (Lipinski definition) is 11. The number of carbonyl (C=O) groups is 1. The number of aliphatic hydroxyl groups is 2. The van der Waals surface area contributed by atoms with Gasteiger partial charge in [0.2, 0.25) is 12.1 Å². The van der Waals surface area contributed by atoms with Crippen molar-refractivity contribution in [3.8, 4) is 11.5 Å². The summed E-state index contributed by atoms with van der Waals surface area (Å²) >= 11 is 0. The van der Waals surface area contributed by atoms with Crippen LogP contribution in [0.2, 0.25) is 0 Å². The van der Waals surface area contributed by atoms with Gasteiger partial charge in [-0.1, -0.05) is 78.7 Å². The summed E-state index contributed by atoms with van der Waals surface area (Å²) in [6.07, 6.45) is 10.2. The molecule has 2 fully saturated rings. The summed E-state index contributed by atoms with van der Waals surface area (Å²) in [5, 5.41) is 24.7. The Balaban J connectivity index is 1.30. The molecule has 4 aliphatic rings. The summed E-state index contributed by atoms with van der Waals surface area (Å²) in [6, 6.07) is 21.3. The van der Waals surface area contributed by atoms with E-state index in [4.69, 9.17) is 38.4 Å². The van der Waals surface area contributed by atoms with Crippen molar-refractivity contribution >= 4 is 11.8 Å². The summed E-state index contributed by atoms with van der Waals surface area (Å²) in [4.78, 5) is 21.9. The Bertz CT molecular complexity index is 2010. The highest BCUT2D eigenvalue weighted by atomic mass is 19.1. The van der Waals surface area contributed by atoms with Gasteiger partial charge in [0, 0.05) is 50.1 Å². The molecule has 13 heteroatoms. The Kier molecular flexibility index (Phi) is 16.7. The molecule has 7 atom stereocenters. The van der Waals surface area contributed by atoms with Crippen molar-refractivity contribution in [2.75, 3.05) is 46.7 Å². The van der Waals surface area contributed by atoms with Crippen LogP contribution in [0.25, 0.3) is 0 Å². The molecule has 2 N–H and O–H groups in total. The average molecular weight is 871 g/mol. The smallest absolute Gasteiger partial charge is 0.410 e. The predicted molar refractivity (Wildman–Crippen MR) is 236 cm³/mol. The van der Waals surface area contributed by atoms with Crippen LogP contribution in [0, 0.1) is 23.6 Å². The van der Waals surface area contributed by atoms with Crippen LogP contribution in [0.15, 0.2) is 102 Å². The number of hydrogen-bond donors (Lipinski definition) is 2. The third kappa shape index (κ3) is 11.1. The second kappa shape index (κ2) is 22.7.